The minimum atomic E-state index is 0.0471. The zero-order valence-electron chi connectivity index (χ0n) is 13.3. The second-order valence-corrected chi connectivity index (χ2v) is 7.22. The Kier molecular flexibility index (Phi) is 4.26. The molecule has 3 heterocycles. The van der Waals surface area contributed by atoms with Crippen LogP contribution < -0.4 is 0 Å². The lowest BCUT2D eigenvalue weighted by atomic mass is 10.2. The summed E-state index contributed by atoms with van der Waals surface area (Å²) in [6.07, 6.45) is 4.81. The minimum Gasteiger partial charge on any atom is -0.337 e. The number of fused-ring (bicyclic) bond motifs is 1. The van der Waals surface area contributed by atoms with E-state index in [-0.39, 0.29) is 5.91 Å². The number of carbonyl (C=O) groups is 1. The van der Waals surface area contributed by atoms with Crippen molar-refractivity contribution in [1.29, 1.82) is 0 Å². The average molecular weight is 337 g/mol. The van der Waals surface area contributed by atoms with Gasteiger partial charge in [-0.1, -0.05) is 24.3 Å². The van der Waals surface area contributed by atoms with Crippen molar-refractivity contribution in [2.75, 3.05) is 18.8 Å². The molecule has 0 N–H and O–H groups in total. The Balaban J connectivity index is 1.38. The van der Waals surface area contributed by atoms with Crippen molar-refractivity contribution in [3.8, 4) is 0 Å². The van der Waals surface area contributed by atoms with Crippen LogP contribution in [0.4, 0.5) is 0 Å². The lowest BCUT2D eigenvalue weighted by Crippen LogP contribution is -2.29. The number of amides is 1. The quantitative estimate of drug-likeness (QED) is 0.683. The summed E-state index contributed by atoms with van der Waals surface area (Å²) in [5, 5.41) is 0. The summed E-state index contributed by atoms with van der Waals surface area (Å²) < 4.78 is 1.89. The third kappa shape index (κ3) is 3.17. The molecule has 1 fully saturated rings. The van der Waals surface area contributed by atoms with E-state index in [4.69, 9.17) is 0 Å². The molecule has 1 aromatic carbocycles. The molecule has 1 aliphatic heterocycles. The van der Waals surface area contributed by atoms with E-state index in [1.54, 1.807) is 0 Å². The largest absolute Gasteiger partial charge is 0.337 e. The summed E-state index contributed by atoms with van der Waals surface area (Å²) in [5.41, 5.74) is 1.36. The predicted molar refractivity (Wildman–Crippen MR) is 96.4 cm³/mol. The normalized spacial score (nSPS) is 17.5. The summed E-state index contributed by atoms with van der Waals surface area (Å²) in [7, 11) is 0. The maximum atomic E-state index is 12.7. The van der Waals surface area contributed by atoms with Crippen LogP contribution in [-0.4, -0.2) is 39.0 Å². The highest BCUT2D eigenvalue weighted by Gasteiger charge is 2.28. The summed E-state index contributed by atoms with van der Waals surface area (Å²) in [4.78, 5) is 20.4. The van der Waals surface area contributed by atoms with Gasteiger partial charge in [-0.3, -0.25) is 4.79 Å². The first-order chi connectivity index (χ1) is 11.8. The molecule has 0 spiro atoms. The molecule has 4 rings (SSSR count). The molecule has 3 aromatic rings. The topological polar surface area (TPSA) is 37.6 Å². The number of thioether (sulfide) groups is 1. The van der Waals surface area contributed by atoms with Crippen molar-refractivity contribution in [1.82, 2.24) is 14.3 Å². The van der Waals surface area contributed by atoms with Crippen molar-refractivity contribution < 1.29 is 4.79 Å². The van der Waals surface area contributed by atoms with Crippen molar-refractivity contribution in [3.05, 3.63) is 66.6 Å². The van der Waals surface area contributed by atoms with Gasteiger partial charge in [-0.2, -0.15) is 0 Å². The van der Waals surface area contributed by atoms with Crippen LogP contribution in [0, 0.1) is 5.92 Å². The molecular formula is C19H19N3OS. The molecule has 0 unspecified atom stereocenters. The summed E-state index contributed by atoms with van der Waals surface area (Å²) >= 11 is 1.87. The van der Waals surface area contributed by atoms with Crippen LogP contribution in [0.15, 0.2) is 65.8 Å². The minimum absolute atomic E-state index is 0.0471. The van der Waals surface area contributed by atoms with E-state index in [2.05, 4.69) is 29.2 Å². The van der Waals surface area contributed by atoms with E-state index in [1.807, 2.05) is 57.7 Å². The van der Waals surface area contributed by atoms with Gasteiger partial charge in [0, 0.05) is 36.1 Å². The fourth-order valence-electron chi connectivity index (χ4n) is 3.08. The van der Waals surface area contributed by atoms with Crippen LogP contribution in [0.25, 0.3) is 5.65 Å². The third-order valence-corrected chi connectivity index (χ3v) is 5.63. The first kappa shape index (κ1) is 15.3. The molecule has 0 aliphatic carbocycles. The molecule has 0 radical (unpaired) electrons. The van der Waals surface area contributed by atoms with Gasteiger partial charge >= 0.3 is 0 Å². The van der Waals surface area contributed by atoms with Gasteiger partial charge < -0.3 is 9.30 Å². The van der Waals surface area contributed by atoms with Gasteiger partial charge in [0.1, 0.15) is 11.3 Å². The van der Waals surface area contributed by atoms with E-state index < -0.39 is 0 Å². The molecule has 2 aromatic heterocycles. The van der Waals surface area contributed by atoms with Crippen LogP contribution >= 0.6 is 11.8 Å². The number of hydrogen-bond donors (Lipinski definition) is 0. The highest BCUT2D eigenvalue weighted by molar-refractivity contribution is 7.99. The first-order valence-electron chi connectivity index (χ1n) is 8.20. The molecule has 4 nitrogen and oxygen atoms in total. The Morgan fingerprint density at radius 3 is 2.83 bits per heavy atom. The standard InChI is InChI=1S/C19H19N3OS/c23-19(17-13-21-10-5-4-8-18(21)20-17)22-11-9-15(12-22)14-24-16-6-2-1-3-7-16/h1-8,10,13,15H,9,11-12,14H2/t15-/m1/s1. The second-order valence-electron chi connectivity index (χ2n) is 6.12. The second kappa shape index (κ2) is 6.69. The van der Waals surface area contributed by atoms with Crippen LogP contribution in [0.3, 0.4) is 0 Å². The Morgan fingerprint density at radius 1 is 1.17 bits per heavy atom. The summed E-state index contributed by atoms with van der Waals surface area (Å²) in [5.74, 6) is 1.65. The summed E-state index contributed by atoms with van der Waals surface area (Å²) in [6, 6.07) is 16.2. The highest BCUT2D eigenvalue weighted by Crippen LogP contribution is 2.26. The zero-order valence-corrected chi connectivity index (χ0v) is 14.2. The number of carbonyl (C=O) groups excluding carboxylic acids is 1. The van der Waals surface area contributed by atoms with E-state index in [0.717, 1.165) is 30.9 Å². The van der Waals surface area contributed by atoms with Gasteiger partial charge in [0.15, 0.2) is 0 Å². The van der Waals surface area contributed by atoms with Gasteiger partial charge in [0.05, 0.1) is 0 Å². The number of benzene rings is 1. The fourth-order valence-corrected chi connectivity index (χ4v) is 4.13. The zero-order chi connectivity index (χ0) is 16.4. The lowest BCUT2D eigenvalue weighted by molar-refractivity contribution is 0.0783. The van der Waals surface area contributed by atoms with Gasteiger partial charge in [-0.05, 0) is 36.6 Å². The number of rotatable bonds is 4. The van der Waals surface area contributed by atoms with E-state index in [1.165, 1.54) is 4.90 Å². The number of aromatic nitrogens is 2. The maximum Gasteiger partial charge on any atom is 0.274 e. The fraction of sp³-hybridized carbons (Fsp3) is 0.263. The van der Waals surface area contributed by atoms with Crippen molar-refractivity contribution in [3.63, 3.8) is 0 Å². The number of hydrogen-bond acceptors (Lipinski definition) is 3. The molecule has 1 saturated heterocycles. The Morgan fingerprint density at radius 2 is 2.00 bits per heavy atom. The maximum absolute atomic E-state index is 12.7. The van der Waals surface area contributed by atoms with Gasteiger partial charge in [0.2, 0.25) is 0 Å². The summed E-state index contributed by atoms with van der Waals surface area (Å²) in [6.45, 7) is 1.65. The van der Waals surface area contributed by atoms with Gasteiger partial charge in [-0.25, -0.2) is 4.98 Å². The molecule has 1 aliphatic rings. The number of imidazole rings is 1. The molecule has 24 heavy (non-hydrogen) atoms. The SMILES string of the molecule is O=C(c1cn2ccccc2n1)N1CC[C@@H](CSc2ccccc2)C1. The molecule has 1 atom stereocenters. The molecule has 0 saturated carbocycles. The van der Waals surface area contributed by atoms with Crippen LogP contribution in [0.2, 0.25) is 0 Å². The van der Waals surface area contributed by atoms with Crippen molar-refractivity contribution >= 4 is 23.3 Å². The first-order valence-corrected chi connectivity index (χ1v) is 9.19. The van der Waals surface area contributed by atoms with E-state index in [9.17, 15) is 4.79 Å². The average Bonchev–Trinajstić information content (AvgIpc) is 3.27. The lowest BCUT2D eigenvalue weighted by Gasteiger charge is -2.15. The predicted octanol–water partition coefficient (Wildman–Crippen LogP) is 3.59. The number of likely N-dealkylation sites (tertiary alicyclic amines) is 1. The van der Waals surface area contributed by atoms with Gasteiger partial charge in [0.25, 0.3) is 5.91 Å². The van der Waals surface area contributed by atoms with E-state index in [0.29, 0.717) is 11.6 Å². The van der Waals surface area contributed by atoms with Crippen molar-refractivity contribution in [2.24, 2.45) is 5.92 Å². The monoisotopic (exact) mass is 337 g/mol. The molecule has 5 heteroatoms. The van der Waals surface area contributed by atoms with E-state index >= 15 is 0 Å². The molecule has 122 valence electrons. The Hall–Kier alpha value is -2.27. The third-order valence-electron chi connectivity index (χ3n) is 4.39. The highest BCUT2D eigenvalue weighted by atomic mass is 32.2. The molecule has 0 bridgehead atoms. The Bertz CT molecular complexity index is 813. The Labute approximate surface area is 145 Å². The smallest absolute Gasteiger partial charge is 0.274 e. The molecular weight excluding hydrogens is 318 g/mol. The van der Waals surface area contributed by atoms with Gasteiger partial charge in [-0.15, -0.1) is 11.8 Å². The van der Waals surface area contributed by atoms with Crippen LogP contribution in [-0.2, 0) is 0 Å². The van der Waals surface area contributed by atoms with Crippen molar-refractivity contribution in [2.45, 2.75) is 11.3 Å². The van der Waals surface area contributed by atoms with Crippen LogP contribution in [0.5, 0.6) is 0 Å². The number of nitrogens with zero attached hydrogens (tertiary/aromatic N) is 3. The number of pyridine rings is 1. The molecule has 1 amide bonds. The van der Waals surface area contributed by atoms with Crippen LogP contribution in [0.1, 0.15) is 16.9 Å².